The van der Waals surface area contributed by atoms with E-state index in [1.165, 1.54) is 4.90 Å². The number of hydrogen-bond donors (Lipinski definition) is 2. The number of likely N-dealkylation sites (N-methyl/N-ethyl adjacent to an activating group) is 3. The Labute approximate surface area is 132 Å². The molecule has 6 heteroatoms. The fourth-order valence-electron chi connectivity index (χ4n) is 2.06. The molecule has 0 aliphatic carbocycles. The molecule has 0 saturated carbocycles. The molecule has 122 valence electrons. The number of ether oxygens (including phenoxy) is 1. The summed E-state index contributed by atoms with van der Waals surface area (Å²) in [5.41, 5.74) is 1.14. The maximum atomic E-state index is 12.0. The Bertz CT molecular complexity index is 488. The van der Waals surface area contributed by atoms with Gasteiger partial charge in [-0.2, -0.15) is 0 Å². The van der Waals surface area contributed by atoms with E-state index in [1.54, 1.807) is 14.1 Å². The van der Waals surface area contributed by atoms with Crippen molar-refractivity contribution < 1.29 is 19.2 Å². The Hall–Kier alpha value is -2.08. The van der Waals surface area contributed by atoms with Gasteiger partial charge in [-0.1, -0.05) is 0 Å². The number of amides is 2. The summed E-state index contributed by atoms with van der Waals surface area (Å²) < 4.78 is 5.40. The van der Waals surface area contributed by atoms with E-state index < -0.39 is 0 Å². The molecular formula is C16H26N3O3+. The minimum absolute atomic E-state index is 0.0490. The van der Waals surface area contributed by atoms with Crippen LogP contribution in [0.1, 0.15) is 12.5 Å². The Kier molecular flexibility index (Phi) is 7.39. The minimum atomic E-state index is -0.167. The molecular weight excluding hydrogens is 282 g/mol. The molecule has 0 fully saturated rings. The molecule has 6 nitrogen and oxygen atoms in total. The average molecular weight is 308 g/mol. The summed E-state index contributed by atoms with van der Waals surface area (Å²) >= 11 is 0. The van der Waals surface area contributed by atoms with E-state index in [9.17, 15) is 9.59 Å². The Morgan fingerprint density at radius 3 is 2.45 bits per heavy atom. The van der Waals surface area contributed by atoms with E-state index in [2.05, 4.69) is 5.32 Å². The average Bonchev–Trinajstić information content (AvgIpc) is 2.49. The van der Waals surface area contributed by atoms with E-state index in [-0.39, 0.29) is 18.4 Å². The molecule has 1 unspecified atom stereocenters. The van der Waals surface area contributed by atoms with Crippen molar-refractivity contribution in [2.24, 2.45) is 0 Å². The molecule has 0 aliphatic rings. The minimum Gasteiger partial charge on any atom is -0.494 e. The molecule has 2 amide bonds. The number of quaternary nitrogens is 1. The summed E-state index contributed by atoms with van der Waals surface area (Å²) in [6.45, 7) is 3.78. The van der Waals surface area contributed by atoms with E-state index >= 15 is 0 Å². The van der Waals surface area contributed by atoms with Crippen LogP contribution in [0.25, 0.3) is 0 Å². The summed E-state index contributed by atoms with van der Waals surface area (Å²) in [6, 6.07) is 7.89. The highest BCUT2D eigenvalue weighted by molar-refractivity contribution is 5.84. The fraction of sp³-hybridized carbons (Fsp3) is 0.500. The molecule has 0 bridgehead atoms. The zero-order chi connectivity index (χ0) is 16.5. The summed E-state index contributed by atoms with van der Waals surface area (Å²) in [6.07, 6.45) is 0. The molecule has 0 heterocycles. The van der Waals surface area contributed by atoms with Crippen LogP contribution in [0.5, 0.6) is 5.75 Å². The normalized spacial score (nSPS) is 11.6. The molecule has 1 aromatic carbocycles. The SMILES string of the molecule is CCOc1ccc(C[NH+](C)CC(=O)N(C)CC(=O)NC)cc1. The number of benzene rings is 1. The number of carbonyl (C=O) groups excluding carboxylic acids is 2. The number of nitrogens with zero attached hydrogens (tertiary/aromatic N) is 1. The van der Waals surface area contributed by atoms with Gasteiger partial charge in [0.2, 0.25) is 5.91 Å². The van der Waals surface area contributed by atoms with Crippen LogP contribution in [0.3, 0.4) is 0 Å². The Balaban J connectivity index is 2.46. The van der Waals surface area contributed by atoms with Gasteiger partial charge in [0.25, 0.3) is 5.91 Å². The largest absolute Gasteiger partial charge is 0.494 e. The van der Waals surface area contributed by atoms with Crippen molar-refractivity contribution in [3.63, 3.8) is 0 Å². The summed E-state index contributed by atoms with van der Waals surface area (Å²) in [5, 5.41) is 2.51. The van der Waals surface area contributed by atoms with Crippen molar-refractivity contribution in [1.82, 2.24) is 10.2 Å². The van der Waals surface area contributed by atoms with Crippen molar-refractivity contribution in [3.05, 3.63) is 29.8 Å². The lowest BCUT2D eigenvalue weighted by molar-refractivity contribution is -0.885. The van der Waals surface area contributed by atoms with Gasteiger partial charge in [0.05, 0.1) is 20.2 Å². The second kappa shape index (κ2) is 9.04. The lowest BCUT2D eigenvalue weighted by Gasteiger charge is -2.19. The van der Waals surface area contributed by atoms with Crippen molar-refractivity contribution in [2.75, 3.05) is 40.8 Å². The van der Waals surface area contributed by atoms with Crippen LogP contribution in [0.4, 0.5) is 0 Å². The van der Waals surface area contributed by atoms with Gasteiger partial charge >= 0.3 is 0 Å². The Morgan fingerprint density at radius 2 is 1.91 bits per heavy atom. The Morgan fingerprint density at radius 1 is 1.27 bits per heavy atom. The van der Waals surface area contributed by atoms with Crippen LogP contribution in [-0.2, 0) is 16.1 Å². The molecule has 0 aromatic heterocycles. The molecule has 0 spiro atoms. The maximum absolute atomic E-state index is 12.0. The first kappa shape index (κ1) is 18.0. The number of hydrogen-bond acceptors (Lipinski definition) is 3. The second-order valence-corrected chi connectivity index (χ2v) is 5.31. The van der Waals surface area contributed by atoms with Gasteiger partial charge in [0, 0.05) is 19.7 Å². The lowest BCUT2D eigenvalue weighted by Crippen LogP contribution is -3.08. The van der Waals surface area contributed by atoms with E-state index in [1.807, 2.05) is 38.2 Å². The highest BCUT2D eigenvalue weighted by atomic mass is 16.5. The summed E-state index contributed by atoms with van der Waals surface area (Å²) in [4.78, 5) is 25.8. The first-order chi connectivity index (χ1) is 10.5. The molecule has 1 aromatic rings. The molecule has 0 saturated heterocycles. The van der Waals surface area contributed by atoms with Gasteiger partial charge in [-0.05, 0) is 31.2 Å². The molecule has 0 radical (unpaired) electrons. The third kappa shape index (κ3) is 6.13. The number of nitrogens with one attached hydrogen (secondary N) is 2. The highest BCUT2D eigenvalue weighted by Crippen LogP contribution is 2.11. The predicted octanol–water partition coefficient (Wildman–Crippen LogP) is -0.696. The molecule has 1 atom stereocenters. The third-order valence-corrected chi connectivity index (χ3v) is 3.28. The predicted molar refractivity (Wildman–Crippen MR) is 84.8 cm³/mol. The van der Waals surface area contributed by atoms with E-state index in [0.717, 1.165) is 22.8 Å². The monoisotopic (exact) mass is 308 g/mol. The smallest absolute Gasteiger partial charge is 0.277 e. The van der Waals surface area contributed by atoms with Crippen molar-refractivity contribution >= 4 is 11.8 Å². The van der Waals surface area contributed by atoms with Gasteiger partial charge in [-0.25, -0.2) is 0 Å². The van der Waals surface area contributed by atoms with E-state index in [0.29, 0.717) is 13.2 Å². The second-order valence-electron chi connectivity index (χ2n) is 5.31. The molecule has 0 aliphatic heterocycles. The van der Waals surface area contributed by atoms with Gasteiger partial charge in [0.15, 0.2) is 6.54 Å². The topological polar surface area (TPSA) is 63.1 Å². The maximum Gasteiger partial charge on any atom is 0.277 e. The quantitative estimate of drug-likeness (QED) is 0.668. The number of carbonyl (C=O) groups is 2. The van der Waals surface area contributed by atoms with Gasteiger partial charge in [0.1, 0.15) is 12.3 Å². The van der Waals surface area contributed by atoms with E-state index in [4.69, 9.17) is 4.74 Å². The van der Waals surface area contributed by atoms with Crippen molar-refractivity contribution in [1.29, 1.82) is 0 Å². The number of rotatable bonds is 8. The highest BCUT2D eigenvalue weighted by Gasteiger charge is 2.16. The summed E-state index contributed by atoms with van der Waals surface area (Å²) in [7, 11) is 5.16. The van der Waals surface area contributed by atoms with Gasteiger partial charge in [-0.3, -0.25) is 9.59 Å². The van der Waals surface area contributed by atoms with Crippen LogP contribution in [0.2, 0.25) is 0 Å². The van der Waals surface area contributed by atoms with Gasteiger partial charge < -0.3 is 19.9 Å². The molecule has 22 heavy (non-hydrogen) atoms. The standard InChI is InChI=1S/C16H25N3O3/c1-5-22-14-8-6-13(7-9-14)10-18(3)12-16(21)19(4)11-15(20)17-2/h6-9H,5,10-12H2,1-4H3,(H,17,20)/p+1. The molecule has 2 N–H and O–H groups in total. The summed E-state index contributed by atoms with van der Waals surface area (Å²) in [5.74, 6) is 0.636. The van der Waals surface area contributed by atoms with Crippen molar-refractivity contribution in [2.45, 2.75) is 13.5 Å². The van der Waals surface area contributed by atoms with Crippen LogP contribution in [0.15, 0.2) is 24.3 Å². The van der Waals surface area contributed by atoms with Gasteiger partial charge in [-0.15, -0.1) is 0 Å². The fourth-order valence-corrected chi connectivity index (χ4v) is 2.06. The first-order valence-electron chi connectivity index (χ1n) is 7.43. The lowest BCUT2D eigenvalue weighted by atomic mass is 10.2. The molecule has 1 rings (SSSR count). The van der Waals surface area contributed by atoms with Crippen LogP contribution < -0.4 is 15.0 Å². The van der Waals surface area contributed by atoms with Crippen molar-refractivity contribution in [3.8, 4) is 5.75 Å². The van der Waals surface area contributed by atoms with Crippen LogP contribution >= 0.6 is 0 Å². The van der Waals surface area contributed by atoms with Crippen LogP contribution in [-0.4, -0.2) is 57.6 Å². The zero-order valence-corrected chi connectivity index (χ0v) is 13.8. The van der Waals surface area contributed by atoms with Crippen LogP contribution in [0, 0.1) is 0 Å². The third-order valence-electron chi connectivity index (χ3n) is 3.28. The zero-order valence-electron chi connectivity index (χ0n) is 13.8. The first-order valence-corrected chi connectivity index (χ1v) is 7.43.